The van der Waals surface area contributed by atoms with Gasteiger partial charge in [-0.05, 0) is 48.9 Å². The van der Waals surface area contributed by atoms with Crippen LogP contribution in [0.5, 0.6) is 5.75 Å². The van der Waals surface area contributed by atoms with E-state index in [1.807, 2.05) is 60.3 Å². The first kappa shape index (κ1) is 18.9. The van der Waals surface area contributed by atoms with E-state index in [0.717, 1.165) is 35.9 Å². The Morgan fingerprint density at radius 1 is 1.04 bits per heavy atom. The van der Waals surface area contributed by atoms with Crippen molar-refractivity contribution in [2.45, 2.75) is 6.92 Å². The minimum atomic E-state index is -0.0524. The molecule has 2 aromatic carbocycles. The fourth-order valence-corrected chi connectivity index (χ4v) is 3.24. The lowest BCUT2D eigenvalue weighted by atomic mass is 10.1. The molecule has 0 radical (unpaired) electrons. The van der Waals surface area contributed by atoms with Gasteiger partial charge in [-0.25, -0.2) is 4.79 Å². The summed E-state index contributed by atoms with van der Waals surface area (Å²) in [4.78, 5) is 18.7. The molecular formula is C21H28N4O2. The van der Waals surface area contributed by atoms with E-state index in [9.17, 15) is 4.79 Å². The Morgan fingerprint density at radius 2 is 1.70 bits per heavy atom. The van der Waals surface area contributed by atoms with Gasteiger partial charge in [0.05, 0.1) is 12.8 Å². The van der Waals surface area contributed by atoms with Crippen LogP contribution in [0.4, 0.5) is 21.9 Å². The van der Waals surface area contributed by atoms with Gasteiger partial charge in [-0.3, -0.25) is 0 Å². The summed E-state index contributed by atoms with van der Waals surface area (Å²) < 4.78 is 5.50. The first-order valence-corrected chi connectivity index (χ1v) is 9.21. The van der Waals surface area contributed by atoms with Gasteiger partial charge in [-0.1, -0.05) is 6.07 Å². The van der Waals surface area contributed by atoms with Crippen molar-refractivity contribution >= 4 is 23.1 Å². The zero-order valence-corrected chi connectivity index (χ0v) is 16.5. The summed E-state index contributed by atoms with van der Waals surface area (Å²) in [6.45, 7) is 5.01. The topological polar surface area (TPSA) is 48.1 Å². The second kappa shape index (κ2) is 8.20. The van der Waals surface area contributed by atoms with E-state index in [0.29, 0.717) is 13.1 Å². The minimum Gasteiger partial charge on any atom is -0.495 e. The number of piperazine rings is 1. The number of carbonyl (C=O) groups excluding carboxylic acids is 1. The van der Waals surface area contributed by atoms with Crippen molar-refractivity contribution in [3.63, 3.8) is 0 Å². The van der Waals surface area contributed by atoms with Crippen molar-refractivity contribution < 1.29 is 9.53 Å². The van der Waals surface area contributed by atoms with Crippen LogP contribution >= 0.6 is 0 Å². The van der Waals surface area contributed by atoms with Gasteiger partial charge in [0.2, 0.25) is 0 Å². The number of carbonyl (C=O) groups is 1. The number of nitrogens with zero attached hydrogens (tertiary/aromatic N) is 3. The van der Waals surface area contributed by atoms with E-state index in [1.165, 1.54) is 5.56 Å². The largest absolute Gasteiger partial charge is 0.495 e. The third-order valence-electron chi connectivity index (χ3n) is 4.88. The van der Waals surface area contributed by atoms with Crippen molar-refractivity contribution in [3.05, 3.63) is 48.0 Å². The normalized spacial score (nSPS) is 14.1. The third kappa shape index (κ3) is 4.45. The fraction of sp³-hybridized carbons (Fsp3) is 0.381. The molecule has 144 valence electrons. The summed E-state index contributed by atoms with van der Waals surface area (Å²) in [6.07, 6.45) is 0. The van der Waals surface area contributed by atoms with Crippen LogP contribution in [0.25, 0.3) is 0 Å². The molecule has 27 heavy (non-hydrogen) atoms. The Hall–Kier alpha value is -2.89. The molecule has 0 aromatic heterocycles. The number of nitrogens with one attached hydrogen (secondary N) is 1. The summed E-state index contributed by atoms with van der Waals surface area (Å²) in [5, 5.41) is 2.99. The van der Waals surface area contributed by atoms with Crippen LogP contribution in [0.1, 0.15) is 5.56 Å². The molecule has 0 unspecified atom stereocenters. The molecule has 0 atom stereocenters. The van der Waals surface area contributed by atoms with E-state index in [1.54, 1.807) is 7.11 Å². The zero-order valence-electron chi connectivity index (χ0n) is 16.5. The van der Waals surface area contributed by atoms with Gasteiger partial charge >= 0.3 is 6.03 Å². The van der Waals surface area contributed by atoms with Gasteiger partial charge in [-0.2, -0.15) is 0 Å². The number of aryl methyl sites for hydroxylation is 1. The van der Waals surface area contributed by atoms with E-state index < -0.39 is 0 Å². The van der Waals surface area contributed by atoms with Gasteiger partial charge in [0.25, 0.3) is 0 Å². The number of methoxy groups -OCH3 is 1. The van der Waals surface area contributed by atoms with Crippen LogP contribution in [-0.2, 0) is 0 Å². The first-order valence-electron chi connectivity index (χ1n) is 9.21. The molecule has 0 saturated carbocycles. The van der Waals surface area contributed by atoms with Crippen LogP contribution in [0, 0.1) is 6.92 Å². The average Bonchev–Trinajstić information content (AvgIpc) is 2.68. The lowest BCUT2D eigenvalue weighted by Crippen LogP contribution is -2.50. The number of amides is 2. The molecule has 1 saturated heterocycles. The predicted molar refractivity (Wildman–Crippen MR) is 111 cm³/mol. The second-order valence-electron chi connectivity index (χ2n) is 7.02. The Bertz CT molecular complexity index is 781. The zero-order chi connectivity index (χ0) is 19.4. The van der Waals surface area contributed by atoms with Gasteiger partial charge in [0, 0.05) is 51.6 Å². The van der Waals surface area contributed by atoms with Crippen molar-refractivity contribution in [3.8, 4) is 5.75 Å². The number of anilines is 3. The number of hydrogen-bond acceptors (Lipinski definition) is 4. The second-order valence-corrected chi connectivity index (χ2v) is 7.02. The number of benzene rings is 2. The molecule has 0 spiro atoms. The highest BCUT2D eigenvalue weighted by molar-refractivity contribution is 5.89. The molecule has 0 aliphatic carbocycles. The van der Waals surface area contributed by atoms with Crippen molar-refractivity contribution in [1.29, 1.82) is 0 Å². The van der Waals surface area contributed by atoms with E-state index >= 15 is 0 Å². The lowest BCUT2D eigenvalue weighted by Gasteiger charge is -2.36. The fourth-order valence-electron chi connectivity index (χ4n) is 3.24. The lowest BCUT2D eigenvalue weighted by molar-refractivity contribution is 0.208. The van der Waals surface area contributed by atoms with Crippen LogP contribution in [0.15, 0.2) is 42.5 Å². The number of ether oxygens (including phenoxy) is 1. The number of hydrogen-bond donors (Lipinski definition) is 1. The van der Waals surface area contributed by atoms with Gasteiger partial charge in [0.1, 0.15) is 5.75 Å². The molecular weight excluding hydrogens is 340 g/mol. The molecule has 1 N–H and O–H groups in total. The molecule has 2 aromatic rings. The maximum Gasteiger partial charge on any atom is 0.321 e. The van der Waals surface area contributed by atoms with Gasteiger partial charge in [0.15, 0.2) is 0 Å². The molecule has 0 bridgehead atoms. The smallest absolute Gasteiger partial charge is 0.321 e. The van der Waals surface area contributed by atoms with Crippen LogP contribution < -0.4 is 19.9 Å². The number of urea groups is 1. The van der Waals surface area contributed by atoms with E-state index in [4.69, 9.17) is 4.74 Å². The molecule has 1 heterocycles. The first-order chi connectivity index (χ1) is 13.0. The molecule has 2 amide bonds. The maximum absolute atomic E-state index is 12.6. The van der Waals surface area contributed by atoms with E-state index in [2.05, 4.69) is 23.2 Å². The molecule has 3 rings (SSSR count). The summed E-state index contributed by atoms with van der Waals surface area (Å²) >= 11 is 0. The van der Waals surface area contributed by atoms with Crippen LogP contribution in [-0.4, -0.2) is 58.3 Å². The maximum atomic E-state index is 12.6. The Balaban J connectivity index is 1.59. The van der Waals surface area contributed by atoms with Crippen LogP contribution in [0.2, 0.25) is 0 Å². The van der Waals surface area contributed by atoms with Gasteiger partial charge in [-0.15, -0.1) is 0 Å². The monoisotopic (exact) mass is 368 g/mol. The molecule has 1 aliphatic heterocycles. The molecule has 6 nitrogen and oxygen atoms in total. The van der Waals surface area contributed by atoms with Crippen molar-refractivity contribution in [1.82, 2.24) is 4.90 Å². The third-order valence-corrected chi connectivity index (χ3v) is 4.88. The molecule has 1 aliphatic rings. The van der Waals surface area contributed by atoms with Crippen molar-refractivity contribution in [2.75, 3.05) is 62.5 Å². The quantitative estimate of drug-likeness (QED) is 0.898. The Morgan fingerprint density at radius 3 is 2.30 bits per heavy atom. The van der Waals surface area contributed by atoms with Crippen LogP contribution in [0.3, 0.4) is 0 Å². The highest BCUT2D eigenvalue weighted by Crippen LogP contribution is 2.30. The van der Waals surface area contributed by atoms with E-state index in [-0.39, 0.29) is 6.03 Å². The van der Waals surface area contributed by atoms with Crippen molar-refractivity contribution in [2.24, 2.45) is 0 Å². The highest BCUT2D eigenvalue weighted by atomic mass is 16.5. The number of rotatable bonds is 4. The summed E-state index contributed by atoms with van der Waals surface area (Å²) in [5.41, 5.74) is 4.21. The highest BCUT2D eigenvalue weighted by Gasteiger charge is 2.23. The van der Waals surface area contributed by atoms with Gasteiger partial charge < -0.3 is 24.8 Å². The minimum absolute atomic E-state index is 0.0524. The average molecular weight is 368 g/mol. The predicted octanol–water partition coefficient (Wildman–Crippen LogP) is 3.42. The SMILES string of the molecule is COc1ccc(C)cc1N1CCN(C(=O)Nc2ccc(N(C)C)cc2)CC1. The standard InChI is InChI=1S/C21H28N4O2/c1-16-5-10-20(27-4)19(15-16)24-11-13-25(14-12-24)21(26)22-17-6-8-18(9-7-17)23(2)3/h5-10,15H,11-14H2,1-4H3,(H,22,26). The molecule has 1 fully saturated rings. The molecule has 6 heteroatoms. The Kier molecular flexibility index (Phi) is 5.74. The summed E-state index contributed by atoms with van der Waals surface area (Å²) in [6, 6.07) is 14.0. The summed E-state index contributed by atoms with van der Waals surface area (Å²) in [5.74, 6) is 0.875. The summed E-state index contributed by atoms with van der Waals surface area (Å²) in [7, 11) is 5.69. The Labute approximate surface area is 161 Å².